The van der Waals surface area contributed by atoms with Gasteiger partial charge in [-0.05, 0) is 17.7 Å². The number of rotatable bonds is 1. The Morgan fingerprint density at radius 2 is 2.06 bits per heavy atom. The summed E-state index contributed by atoms with van der Waals surface area (Å²) >= 11 is 0. The third-order valence-electron chi connectivity index (χ3n) is 2.92. The fourth-order valence-corrected chi connectivity index (χ4v) is 1.88. The van der Waals surface area contributed by atoms with Crippen LogP contribution in [0.2, 0.25) is 0 Å². The summed E-state index contributed by atoms with van der Waals surface area (Å²) in [5, 5.41) is 3.11. The van der Waals surface area contributed by atoms with E-state index in [0.717, 1.165) is 12.1 Å². The monoisotopic (exact) mass is 259 g/mol. The van der Waals surface area contributed by atoms with Crippen LogP contribution in [0.4, 0.5) is 13.2 Å². The SMILES string of the molecule is CC1(C)CNC(c2cccc(C(F)(F)F)c2)OC1. The number of benzene rings is 1. The van der Waals surface area contributed by atoms with E-state index in [1.54, 1.807) is 6.07 Å². The zero-order valence-electron chi connectivity index (χ0n) is 10.3. The molecule has 5 heteroatoms. The topological polar surface area (TPSA) is 21.3 Å². The molecular weight excluding hydrogens is 243 g/mol. The van der Waals surface area contributed by atoms with E-state index in [4.69, 9.17) is 4.74 Å². The highest BCUT2D eigenvalue weighted by atomic mass is 19.4. The van der Waals surface area contributed by atoms with Crippen molar-refractivity contribution in [2.24, 2.45) is 5.41 Å². The van der Waals surface area contributed by atoms with E-state index in [-0.39, 0.29) is 5.41 Å². The molecule has 0 radical (unpaired) electrons. The van der Waals surface area contributed by atoms with E-state index in [0.29, 0.717) is 18.7 Å². The molecule has 0 aromatic heterocycles. The maximum Gasteiger partial charge on any atom is 0.416 e. The van der Waals surface area contributed by atoms with Crippen molar-refractivity contribution in [3.8, 4) is 0 Å². The number of nitrogens with one attached hydrogen (secondary N) is 1. The smallest absolute Gasteiger partial charge is 0.358 e. The fourth-order valence-electron chi connectivity index (χ4n) is 1.88. The zero-order chi connectivity index (χ0) is 13.4. The lowest BCUT2D eigenvalue weighted by Gasteiger charge is -2.35. The minimum absolute atomic E-state index is 0.0120. The van der Waals surface area contributed by atoms with Crippen molar-refractivity contribution in [2.45, 2.75) is 26.3 Å². The minimum Gasteiger partial charge on any atom is -0.358 e. The second kappa shape index (κ2) is 4.55. The Morgan fingerprint density at radius 3 is 2.61 bits per heavy atom. The molecule has 1 aromatic carbocycles. The van der Waals surface area contributed by atoms with Crippen molar-refractivity contribution < 1.29 is 17.9 Å². The first-order chi connectivity index (χ1) is 8.28. The highest BCUT2D eigenvalue weighted by Gasteiger charge is 2.32. The van der Waals surface area contributed by atoms with Crippen molar-refractivity contribution >= 4 is 0 Å². The standard InChI is InChI=1S/C13H16F3NO/c1-12(2)7-17-11(18-8-12)9-4-3-5-10(6-9)13(14,15)16/h3-6,11,17H,7-8H2,1-2H3. The van der Waals surface area contributed by atoms with Crippen molar-refractivity contribution in [2.75, 3.05) is 13.2 Å². The molecule has 0 spiro atoms. The molecule has 18 heavy (non-hydrogen) atoms. The predicted molar refractivity (Wildman–Crippen MR) is 61.9 cm³/mol. The van der Waals surface area contributed by atoms with E-state index in [1.807, 2.05) is 13.8 Å². The third-order valence-corrected chi connectivity index (χ3v) is 2.92. The maximum atomic E-state index is 12.6. The number of hydrogen-bond acceptors (Lipinski definition) is 2. The summed E-state index contributed by atoms with van der Waals surface area (Å²) < 4.78 is 43.4. The lowest BCUT2D eigenvalue weighted by atomic mass is 9.93. The largest absolute Gasteiger partial charge is 0.416 e. The molecular formula is C13H16F3NO. The Balaban J connectivity index is 2.15. The molecule has 1 fully saturated rings. The Kier molecular flexibility index (Phi) is 3.38. The average molecular weight is 259 g/mol. The van der Waals surface area contributed by atoms with Gasteiger partial charge in [-0.2, -0.15) is 13.2 Å². The molecule has 1 aliphatic heterocycles. The number of alkyl halides is 3. The van der Waals surface area contributed by atoms with Gasteiger partial charge in [-0.1, -0.05) is 26.0 Å². The molecule has 1 aliphatic rings. The molecule has 2 nitrogen and oxygen atoms in total. The highest BCUT2D eigenvalue weighted by Crippen LogP contribution is 2.32. The molecule has 1 unspecified atom stereocenters. The summed E-state index contributed by atoms with van der Waals surface area (Å²) in [4.78, 5) is 0. The van der Waals surface area contributed by atoms with Crippen LogP contribution in [0.1, 0.15) is 31.2 Å². The minimum atomic E-state index is -4.32. The average Bonchev–Trinajstić information content (AvgIpc) is 2.28. The van der Waals surface area contributed by atoms with Crippen LogP contribution in [0.5, 0.6) is 0 Å². The lowest BCUT2D eigenvalue weighted by Crippen LogP contribution is -2.43. The van der Waals surface area contributed by atoms with Crippen LogP contribution in [0.25, 0.3) is 0 Å². The summed E-state index contributed by atoms with van der Waals surface area (Å²) in [6.07, 6.45) is -4.77. The first-order valence-electron chi connectivity index (χ1n) is 5.80. The van der Waals surface area contributed by atoms with Gasteiger partial charge in [0, 0.05) is 12.0 Å². The Hall–Kier alpha value is -1.07. The van der Waals surface area contributed by atoms with Gasteiger partial charge in [0.1, 0.15) is 6.23 Å². The molecule has 1 atom stereocenters. The lowest BCUT2D eigenvalue weighted by molar-refractivity contribution is -0.137. The van der Waals surface area contributed by atoms with Gasteiger partial charge in [0.05, 0.1) is 12.2 Å². The van der Waals surface area contributed by atoms with Gasteiger partial charge in [0.15, 0.2) is 0 Å². The molecule has 1 heterocycles. The van der Waals surface area contributed by atoms with E-state index >= 15 is 0 Å². The van der Waals surface area contributed by atoms with Crippen LogP contribution in [0.3, 0.4) is 0 Å². The number of halogens is 3. The molecule has 2 rings (SSSR count). The van der Waals surface area contributed by atoms with Gasteiger partial charge in [0.2, 0.25) is 0 Å². The molecule has 0 saturated carbocycles. The normalized spacial score (nSPS) is 23.9. The van der Waals surface area contributed by atoms with E-state index < -0.39 is 18.0 Å². The van der Waals surface area contributed by atoms with E-state index in [1.165, 1.54) is 6.07 Å². The second-order valence-electron chi connectivity index (χ2n) is 5.36. The predicted octanol–water partition coefficient (Wildman–Crippen LogP) is 3.35. The van der Waals surface area contributed by atoms with Gasteiger partial charge in [-0.25, -0.2) is 0 Å². The molecule has 0 amide bonds. The quantitative estimate of drug-likeness (QED) is 0.835. The summed E-state index contributed by atoms with van der Waals surface area (Å²) in [5.74, 6) is 0. The van der Waals surface area contributed by atoms with Crippen LogP contribution < -0.4 is 5.32 Å². The Bertz CT molecular complexity index is 418. The first-order valence-corrected chi connectivity index (χ1v) is 5.80. The van der Waals surface area contributed by atoms with Crippen LogP contribution in [0.15, 0.2) is 24.3 Å². The summed E-state index contributed by atoms with van der Waals surface area (Å²) in [6.45, 7) is 5.33. The van der Waals surface area contributed by atoms with Crippen molar-refractivity contribution in [3.63, 3.8) is 0 Å². The molecule has 1 N–H and O–H groups in total. The molecule has 1 saturated heterocycles. The van der Waals surface area contributed by atoms with Crippen LogP contribution in [-0.4, -0.2) is 13.2 Å². The van der Waals surface area contributed by atoms with E-state index in [2.05, 4.69) is 5.32 Å². The fraction of sp³-hybridized carbons (Fsp3) is 0.538. The van der Waals surface area contributed by atoms with Crippen LogP contribution in [-0.2, 0) is 10.9 Å². The van der Waals surface area contributed by atoms with Crippen LogP contribution in [0, 0.1) is 5.41 Å². The summed E-state index contributed by atoms with van der Waals surface area (Å²) in [7, 11) is 0. The number of ether oxygens (including phenoxy) is 1. The van der Waals surface area contributed by atoms with Gasteiger partial charge >= 0.3 is 6.18 Å². The first kappa shape index (κ1) is 13.4. The second-order valence-corrected chi connectivity index (χ2v) is 5.36. The summed E-state index contributed by atoms with van der Waals surface area (Å²) in [6, 6.07) is 5.25. The molecule has 0 bridgehead atoms. The molecule has 1 aromatic rings. The van der Waals surface area contributed by atoms with Gasteiger partial charge in [-0.15, -0.1) is 0 Å². The van der Waals surface area contributed by atoms with Crippen LogP contribution >= 0.6 is 0 Å². The third kappa shape index (κ3) is 3.03. The Labute approximate surface area is 104 Å². The van der Waals surface area contributed by atoms with Gasteiger partial charge in [0.25, 0.3) is 0 Å². The number of hydrogen-bond donors (Lipinski definition) is 1. The van der Waals surface area contributed by atoms with Crippen molar-refractivity contribution in [1.82, 2.24) is 5.32 Å². The maximum absolute atomic E-state index is 12.6. The zero-order valence-corrected chi connectivity index (χ0v) is 10.3. The van der Waals surface area contributed by atoms with E-state index in [9.17, 15) is 13.2 Å². The highest BCUT2D eigenvalue weighted by molar-refractivity contribution is 5.27. The van der Waals surface area contributed by atoms with Gasteiger partial charge in [-0.3, -0.25) is 5.32 Å². The molecule has 0 aliphatic carbocycles. The molecule has 100 valence electrons. The summed E-state index contributed by atoms with van der Waals surface area (Å²) in [5.41, 5.74) is -0.117. The Morgan fingerprint density at radius 1 is 1.33 bits per heavy atom. The van der Waals surface area contributed by atoms with Crippen molar-refractivity contribution in [3.05, 3.63) is 35.4 Å². The van der Waals surface area contributed by atoms with Gasteiger partial charge < -0.3 is 4.74 Å². The van der Waals surface area contributed by atoms with Crippen molar-refractivity contribution in [1.29, 1.82) is 0 Å².